The fourth-order valence-electron chi connectivity index (χ4n) is 6.85. The van der Waals surface area contributed by atoms with E-state index in [1.165, 1.54) is 38.6 Å². The van der Waals surface area contributed by atoms with Crippen molar-refractivity contribution in [1.82, 2.24) is 20.1 Å². The van der Waals surface area contributed by atoms with Gasteiger partial charge in [-0.1, -0.05) is 12.5 Å². The number of rotatable bonds is 5. The second-order valence-electron chi connectivity index (χ2n) is 11.5. The van der Waals surface area contributed by atoms with Gasteiger partial charge in [-0.25, -0.2) is 0 Å². The van der Waals surface area contributed by atoms with E-state index in [1.54, 1.807) is 0 Å². The monoisotopic (exact) mass is 501 g/mol. The Hall–Kier alpha value is -1.83. The zero-order valence-corrected chi connectivity index (χ0v) is 22.1. The van der Waals surface area contributed by atoms with Crippen LogP contribution in [0.2, 0.25) is 0 Å². The van der Waals surface area contributed by atoms with E-state index in [0.717, 1.165) is 31.8 Å². The highest BCUT2D eigenvalue weighted by atomic mass is 35.5. The molecule has 4 aliphatic rings. The number of amides is 1. The summed E-state index contributed by atoms with van der Waals surface area (Å²) in [6.45, 7) is 7.81. The molecule has 1 N–H and O–H groups in total. The van der Waals surface area contributed by atoms with Crippen molar-refractivity contribution >= 4 is 35.4 Å². The average Bonchev–Trinajstić information content (AvgIpc) is 3.48. The van der Waals surface area contributed by atoms with E-state index in [9.17, 15) is 4.79 Å². The third-order valence-corrected chi connectivity index (χ3v) is 8.76. The fourth-order valence-corrected chi connectivity index (χ4v) is 6.85. The van der Waals surface area contributed by atoms with E-state index in [1.807, 2.05) is 18.2 Å². The van der Waals surface area contributed by atoms with Crippen molar-refractivity contribution in [3.63, 3.8) is 0 Å². The van der Waals surface area contributed by atoms with Gasteiger partial charge in [-0.3, -0.25) is 9.69 Å². The Morgan fingerprint density at radius 3 is 2.43 bits per heavy atom. The minimum Gasteiger partial charge on any atom is -0.423 e. The predicted molar refractivity (Wildman–Crippen MR) is 142 cm³/mol. The van der Waals surface area contributed by atoms with Crippen molar-refractivity contribution in [3.8, 4) is 0 Å². The smallest absolute Gasteiger partial charge is 0.298 e. The van der Waals surface area contributed by atoms with Crippen molar-refractivity contribution in [2.75, 3.05) is 31.6 Å². The molecule has 4 atom stereocenters. The molecule has 1 saturated carbocycles. The number of piperazine rings is 1. The van der Waals surface area contributed by atoms with E-state index >= 15 is 0 Å². The van der Waals surface area contributed by atoms with E-state index in [4.69, 9.17) is 9.40 Å². The van der Waals surface area contributed by atoms with Crippen molar-refractivity contribution in [2.24, 2.45) is 5.92 Å². The summed E-state index contributed by atoms with van der Waals surface area (Å²) in [4.78, 5) is 25.7. The first-order chi connectivity index (χ1) is 16.5. The largest absolute Gasteiger partial charge is 0.423 e. The van der Waals surface area contributed by atoms with Gasteiger partial charge < -0.3 is 19.5 Å². The zero-order chi connectivity index (χ0) is 23.4. The van der Waals surface area contributed by atoms with Crippen LogP contribution in [0.15, 0.2) is 22.6 Å². The molecule has 2 aromatic rings. The van der Waals surface area contributed by atoms with Crippen LogP contribution in [0.4, 0.5) is 6.01 Å². The van der Waals surface area contributed by atoms with E-state index in [0.29, 0.717) is 46.8 Å². The molecular weight excluding hydrogens is 462 g/mol. The van der Waals surface area contributed by atoms with Crippen LogP contribution in [0.3, 0.4) is 0 Å². The third-order valence-electron chi connectivity index (χ3n) is 8.76. The maximum absolute atomic E-state index is 13.4. The van der Waals surface area contributed by atoms with Crippen LogP contribution in [-0.2, 0) is 0 Å². The van der Waals surface area contributed by atoms with Crippen molar-refractivity contribution in [3.05, 3.63) is 23.8 Å². The Kier molecular flexibility index (Phi) is 7.03. The number of halogens is 1. The molecule has 35 heavy (non-hydrogen) atoms. The number of nitrogens with one attached hydrogen (secondary N) is 1. The molecular formula is C27H40ClN5O2. The lowest BCUT2D eigenvalue weighted by Gasteiger charge is -2.47. The van der Waals surface area contributed by atoms with Crippen molar-refractivity contribution in [2.45, 2.75) is 89.0 Å². The number of carbonyl (C=O) groups is 1. The van der Waals surface area contributed by atoms with Crippen LogP contribution in [0.1, 0.15) is 69.2 Å². The molecule has 2 bridgehead atoms. The Balaban J connectivity index is 0.00000253. The van der Waals surface area contributed by atoms with Crippen molar-refractivity contribution < 1.29 is 9.21 Å². The Bertz CT molecular complexity index is 1030. The third kappa shape index (κ3) is 4.92. The van der Waals surface area contributed by atoms with E-state index < -0.39 is 0 Å². The molecule has 8 heteroatoms. The van der Waals surface area contributed by atoms with Gasteiger partial charge in [-0.05, 0) is 77.5 Å². The highest BCUT2D eigenvalue weighted by Crippen LogP contribution is 2.34. The van der Waals surface area contributed by atoms with Gasteiger partial charge in [0.05, 0.1) is 5.56 Å². The summed E-state index contributed by atoms with van der Waals surface area (Å²) in [5.74, 6) is 0.883. The lowest BCUT2D eigenvalue weighted by molar-refractivity contribution is 0.0463. The number of nitrogens with zero attached hydrogens (tertiary/aromatic N) is 4. The van der Waals surface area contributed by atoms with Crippen LogP contribution < -0.4 is 10.2 Å². The molecule has 2 unspecified atom stereocenters. The van der Waals surface area contributed by atoms with Crippen LogP contribution in [-0.4, -0.2) is 77.6 Å². The van der Waals surface area contributed by atoms with Gasteiger partial charge in [-0.2, -0.15) is 4.98 Å². The summed E-state index contributed by atoms with van der Waals surface area (Å²) >= 11 is 0. The SMILES string of the molecule is C[C@H]1CN(CC2CC2)C[C@H](C)N1c1nc2c(C(=O)NC3CC4CCCC(C3)N4C)cccc2o1.Cl. The number of anilines is 1. The van der Waals surface area contributed by atoms with Gasteiger partial charge in [0.15, 0.2) is 5.58 Å². The number of carbonyl (C=O) groups excluding carboxylic acids is 1. The number of fused-ring (bicyclic) bond motifs is 3. The number of oxazole rings is 1. The summed E-state index contributed by atoms with van der Waals surface area (Å²) in [6.07, 6.45) is 8.65. The van der Waals surface area contributed by atoms with Crippen molar-refractivity contribution in [1.29, 1.82) is 0 Å². The minimum atomic E-state index is -0.0200. The Morgan fingerprint density at radius 2 is 1.77 bits per heavy atom. The fraction of sp³-hybridized carbons (Fsp3) is 0.704. The van der Waals surface area contributed by atoms with Gasteiger partial charge >= 0.3 is 0 Å². The standard InChI is InChI=1S/C27H39N5O2.ClH/c1-17-14-31(16-19-10-11-19)15-18(2)32(17)27-29-25-23(8-5-9-24(25)34-27)26(33)28-20-12-21-6-4-7-22(13-20)30(21)3;/h5,8-9,17-22H,4,6-7,10-16H2,1-3H3,(H,28,33);1H/t17-,18-,20?,21?,22?;/m0./s1. The number of benzene rings is 1. The van der Waals surface area contributed by atoms with Crippen LogP contribution in [0, 0.1) is 5.92 Å². The molecule has 4 fully saturated rings. The highest BCUT2D eigenvalue weighted by Gasteiger charge is 2.37. The first kappa shape index (κ1) is 24.8. The molecule has 1 aliphatic carbocycles. The van der Waals surface area contributed by atoms with E-state index in [2.05, 4.69) is 40.9 Å². The van der Waals surface area contributed by atoms with Crippen LogP contribution >= 0.6 is 12.4 Å². The predicted octanol–water partition coefficient (Wildman–Crippen LogP) is 4.30. The molecule has 6 rings (SSSR count). The molecule has 0 radical (unpaired) electrons. The highest BCUT2D eigenvalue weighted by molar-refractivity contribution is 6.04. The van der Waals surface area contributed by atoms with Gasteiger partial charge in [0, 0.05) is 49.8 Å². The Labute approximate surface area is 215 Å². The van der Waals surface area contributed by atoms with Gasteiger partial charge in [0.1, 0.15) is 5.52 Å². The second kappa shape index (κ2) is 9.91. The summed E-state index contributed by atoms with van der Waals surface area (Å²) in [5, 5.41) is 3.35. The zero-order valence-electron chi connectivity index (χ0n) is 21.3. The van der Waals surface area contributed by atoms with Gasteiger partial charge in [-0.15, -0.1) is 12.4 Å². The molecule has 4 heterocycles. The quantitative estimate of drug-likeness (QED) is 0.658. The van der Waals surface area contributed by atoms with Crippen LogP contribution in [0.25, 0.3) is 11.1 Å². The normalized spacial score (nSPS) is 31.9. The van der Waals surface area contributed by atoms with Crippen LogP contribution in [0.5, 0.6) is 0 Å². The molecule has 1 aromatic heterocycles. The minimum absolute atomic E-state index is 0. The topological polar surface area (TPSA) is 64.8 Å². The summed E-state index contributed by atoms with van der Waals surface area (Å²) in [6, 6.07) is 8.45. The molecule has 0 spiro atoms. The Morgan fingerprint density at radius 1 is 1.09 bits per heavy atom. The van der Waals surface area contributed by atoms with Gasteiger partial charge in [0.2, 0.25) is 0 Å². The molecule has 3 aliphatic heterocycles. The molecule has 1 aromatic carbocycles. The number of piperidine rings is 2. The van der Waals surface area contributed by atoms with E-state index in [-0.39, 0.29) is 24.4 Å². The first-order valence-electron chi connectivity index (χ1n) is 13.4. The summed E-state index contributed by atoms with van der Waals surface area (Å²) < 4.78 is 6.24. The van der Waals surface area contributed by atoms with Gasteiger partial charge in [0.25, 0.3) is 11.9 Å². The summed E-state index contributed by atoms with van der Waals surface area (Å²) in [7, 11) is 2.25. The average molecular weight is 502 g/mol. The molecule has 3 saturated heterocycles. The second-order valence-corrected chi connectivity index (χ2v) is 11.5. The number of para-hydroxylation sites is 1. The molecule has 7 nitrogen and oxygen atoms in total. The molecule has 192 valence electrons. The number of hydrogen-bond donors (Lipinski definition) is 1. The number of hydrogen-bond acceptors (Lipinski definition) is 6. The lowest BCUT2D eigenvalue weighted by Crippen LogP contribution is -2.57. The first-order valence-corrected chi connectivity index (χ1v) is 13.4. The summed E-state index contributed by atoms with van der Waals surface area (Å²) in [5.41, 5.74) is 2.01. The maximum Gasteiger partial charge on any atom is 0.298 e. The lowest BCUT2D eigenvalue weighted by atomic mass is 9.82. The maximum atomic E-state index is 13.4. The molecule has 1 amide bonds. The number of aromatic nitrogens is 1.